The second kappa shape index (κ2) is 3.02. The molecule has 0 unspecified atom stereocenters. The van der Waals surface area contributed by atoms with Crippen molar-refractivity contribution in [3.63, 3.8) is 0 Å². The van der Waals surface area contributed by atoms with Gasteiger partial charge >= 0.3 is 0 Å². The van der Waals surface area contributed by atoms with E-state index in [0.717, 1.165) is 12.5 Å². The summed E-state index contributed by atoms with van der Waals surface area (Å²) < 4.78 is 5.68. The summed E-state index contributed by atoms with van der Waals surface area (Å²) in [6.45, 7) is 5.66. The summed E-state index contributed by atoms with van der Waals surface area (Å²) in [7, 11) is 0. The fourth-order valence-corrected chi connectivity index (χ4v) is 2.81. The van der Waals surface area contributed by atoms with Crippen LogP contribution in [0.15, 0.2) is 0 Å². The molecular formula is C11H20O. The van der Waals surface area contributed by atoms with E-state index in [0.29, 0.717) is 11.5 Å². The number of ether oxygens (including phenoxy) is 1. The van der Waals surface area contributed by atoms with Crippen LogP contribution in [0.2, 0.25) is 0 Å². The van der Waals surface area contributed by atoms with Crippen LogP contribution in [0, 0.1) is 11.3 Å². The molecule has 1 saturated heterocycles. The fraction of sp³-hybridized carbons (Fsp3) is 1.00. The van der Waals surface area contributed by atoms with Crippen molar-refractivity contribution >= 4 is 0 Å². The van der Waals surface area contributed by atoms with Crippen LogP contribution in [-0.4, -0.2) is 12.7 Å². The second-order valence-electron chi connectivity index (χ2n) is 4.81. The van der Waals surface area contributed by atoms with Gasteiger partial charge in [-0.15, -0.1) is 0 Å². The van der Waals surface area contributed by atoms with Gasteiger partial charge in [0, 0.05) is 6.61 Å². The van der Waals surface area contributed by atoms with Gasteiger partial charge in [-0.25, -0.2) is 0 Å². The molecule has 0 aromatic rings. The van der Waals surface area contributed by atoms with Gasteiger partial charge in [0.2, 0.25) is 0 Å². The van der Waals surface area contributed by atoms with Crippen molar-refractivity contribution in [3.05, 3.63) is 0 Å². The third-order valence-corrected chi connectivity index (χ3v) is 4.10. The molecule has 0 aromatic heterocycles. The number of hydrogen-bond donors (Lipinski definition) is 0. The van der Waals surface area contributed by atoms with Crippen LogP contribution in [0.1, 0.15) is 46.0 Å². The smallest absolute Gasteiger partial charge is 0.0604 e. The monoisotopic (exact) mass is 168 g/mol. The molecule has 1 heterocycles. The van der Waals surface area contributed by atoms with Gasteiger partial charge in [0.25, 0.3) is 0 Å². The molecule has 0 N–H and O–H groups in total. The first kappa shape index (κ1) is 8.55. The minimum Gasteiger partial charge on any atom is -0.378 e. The molecule has 1 nitrogen and oxygen atoms in total. The molecule has 0 radical (unpaired) electrons. The molecule has 1 atom stereocenters. The van der Waals surface area contributed by atoms with E-state index in [1.165, 1.54) is 32.1 Å². The van der Waals surface area contributed by atoms with Gasteiger partial charge in [-0.2, -0.15) is 0 Å². The van der Waals surface area contributed by atoms with Gasteiger partial charge in [-0.05, 0) is 37.5 Å². The fourth-order valence-electron chi connectivity index (χ4n) is 2.81. The Kier molecular flexibility index (Phi) is 2.16. The minimum absolute atomic E-state index is 0.532. The maximum atomic E-state index is 5.68. The van der Waals surface area contributed by atoms with Crippen LogP contribution < -0.4 is 0 Å². The summed E-state index contributed by atoms with van der Waals surface area (Å²) >= 11 is 0. The van der Waals surface area contributed by atoms with Crippen LogP contribution >= 0.6 is 0 Å². The summed E-state index contributed by atoms with van der Waals surface area (Å²) in [6.07, 6.45) is 7.53. The molecule has 1 spiro atoms. The van der Waals surface area contributed by atoms with Gasteiger partial charge < -0.3 is 4.74 Å². The van der Waals surface area contributed by atoms with Gasteiger partial charge in [-0.3, -0.25) is 0 Å². The van der Waals surface area contributed by atoms with Crippen molar-refractivity contribution in [2.24, 2.45) is 11.3 Å². The predicted octanol–water partition coefficient (Wildman–Crippen LogP) is 2.99. The van der Waals surface area contributed by atoms with E-state index < -0.39 is 0 Å². The molecular weight excluding hydrogens is 148 g/mol. The van der Waals surface area contributed by atoms with Crippen molar-refractivity contribution in [3.8, 4) is 0 Å². The summed E-state index contributed by atoms with van der Waals surface area (Å²) in [5.74, 6) is 0.962. The average Bonchev–Trinajstić information content (AvgIpc) is 2.41. The van der Waals surface area contributed by atoms with Crippen molar-refractivity contribution in [1.29, 1.82) is 0 Å². The molecule has 1 heteroatoms. The van der Waals surface area contributed by atoms with Crippen LogP contribution in [0.4, 0.5) is 0 Å². The lowest BCUT2D eigenvalue weighted by atomic mass is 9.67. The molecule has 0 amide bonds. The Morgan fingerprint density at radius 1 is 1.08 bits per heavy atom. The van der Waals surface area contributed by atoms with Crippen molar-refractivity contribution in [1.82, 2.24) is 0 Å². The molecule has 2 rings (SSSR count). The van der Waals surface area contributed by atoms with Gasteiger partial charge in [0.05, 0.1) is 6.10 Å². The van der Waals surface area contributed by atoms with Gasteiger partial charge in [0.1, 0.15) is 0 Å². The molecule has 1 aliphatic carbocycles. The molecule has 0 bridgehead atoms. The molecule has 70 valence electrons. The van der Waals surface area contributed by atoms with E-state index in [2.05, 4.69) is 13.8 Å². The molecule has 12 heavy (non-hydrogen) atoms. The topological polar surface area (TPSA) is 9.23 Å². The highest BCUT2D eigenvalue weighted by atomic mass is 16.5. The zero-order chi connectivity index (χ0) is 8.60. The summed E-state index contributed by atoms with van der Waals surface area (Å²) in [5, 5.41) is 0. The lowest BCUT2D eigenvalue weighted by Crippen LogP contribution is -2.32. The molecule has 0 aromatic carbocycles. The maximum absolute atomic E-state index is 5.68. The number of rotatable bonds is 0. The first-order valence-corrected chi connectivity index (χ1v) is 5.34. The van der Waals surface area contributed by atoms with Crippen LogP contribution in [-0.2, 0) is 4.74 Å². The Balaban J connectivity index is 2.02. The van der Waals surface area contributed by atoms with Crippen molar-refractivity contribution in [2.45, 2.75) is 52.1 Å². The third kappa shape index (κ3) is 1.28. The Labute approximate surface area is 75.5 Å². The Bertz CT molecular complexity index is 156. The highest BCUT2D eigenvalue weighted by molar-refractivity contribution is 4.92. The van der Waals surface area contributed by atoms with E-state index in [9.17, 15) is 0 Å². The van der Waals surface area contributed by atoms with Crippen molar-refractivity contribution < 1.29 is 4.74 Å². The quantitative estimate of drug-likeness (QED) is 0.540. The highest BCUT2D eigenvalue weighted by Gasteiger charge is 2.42. The van der Waals surface area contributed by atoms with Crippen LogP contribution in [0.3, 0.4) is 0 Å². The van der Waals surface area contributed by atoms with Gasteiger partial charge in [-0.1, -0.05) is 19.8 Å². The molecule has 2 aliphatic rings. The van der Waals surface area contributed by atoms with E-state index in [1.807, 2.05) is 0 Å². The third-order valence-electron chi connectivity index (χ3n) is 4.10. The standard InChI is InChI=1S/C11H20O/c1-9-3-5-11(6-4-9)7-8-12-10(11)2/h9-10H,3-8H2,1-2H3/t9?,10-,11?/m1/s1. The van der Waals surface area contributed by atoms with Gasteiger partial charge in [0.15, 0.2) is 0 Å². The Morgan fingerprint density at radius 2 is 1.75 bits per heavy atom. The largest absolute Gasteiger partial charge is 0.378 e. The summed E-state index contributed by atoms with van der Waals surface area (Å²) in [6, 6.07) is 0. The van der Waals surface area contributed by atoms with Crippen LogP contribution in [0.25, 0.3) is 0 Å². The predicted molar refractivity (Wildman–Crippen MR) is 50.1 cm³/mol. The SMILES string of the molecule is CC1CCC2(CCO[C@@H]2C)CC1. The van der Waals surface area contributed by atoms with E-state index >= 15 is 0 Å². The number of hydrogen-bond acceptors (Lipinski definition) is 1. The zero-order valence-corrected chi connectivity index (χ0v) is 8.31. The van der Waals surface area contributed by atoms with E-state index in [4.69, 9.17) is 4.74 Å². The molecule has 1 aliphatic heterocycles. The van der Waals surface area contributed by atoms with Crippen molar-refractivity contribution in [2.75, 3.05) is 6.61 Å². The summed E-state index contributed by atoms with van der Waals surface area (Å²) in [5.41, 5.74) is 0.590. The first-order chi connectivity index (χ1) is 5.73. The molecule has 2 fully saturated rings. The second-order valence-corrected chi connectivity index (χ2v) is 4.81. The van der Waals surface area contributed by atoms with E-state index in [1.54, 1.807) is 0 Å². The highest BCUT2D eigenvalue weighted by Crippen LogP contribution is 2.48. The summed E-state index contributed by atoms with van der Waals surface area (Å²) in [4.78, 5) is 0. The molecule has 1 saturated carbocycles. The van der Waals surface area contributed by atoms with Crippen LogP contribution in [0.5, 0.6) is 0 Å². The average molecular weight is 168 g/mol. The van der Waals surface area contributed by atoms with E-state index in [-0.39, 0.29) is 0 Å². The zero-order valence-electron chi connectivity index (χ0n) is 8.31. The first-order valence-electron chi connectivity index (χ1n) is 5.34. The lowest BCUT2D eigenvalue weighted by Gasteiger charge is -2.38. The Morgan fingerprint density at radius 3 is 2.25 bits per heavy atom. The normalized spacial score (nSPS) is 48.5. The lowest BCUT2D eigenvalue weighted by molar-refractivity contribution is 0.0339. The Hall–Kier alpha value is -0.0400. The minimum atomic E-state index is 0.532. The maximum Gasteiger partial charge on any atom is 0.0604 e.